The van der Waals surface area contributed by atoms with Crippen LogP contribution in [0.3, 0.4) is 0 Å². The van der Waals surface area contributed by atoms with Gasteiger partial charge in [-0.25, -0.2) is 4.98 Å². The Hall–Kier alpha value is -4.34. The quantitative estimate of drug-likeness (QED) is 0.436. The molecule has 1 saturated heterocycles. The molecule has 0 bridgehead atoms. The monoisotopic (exact) mass is 459 g/mol. The van der Waals surface area contributed by atoms with E-state index in [9.17, 15) is 4.79 Å². The van der Waals surface area contributed by atoms with Gasteiger partial charge in [0, 0.05) is 48.7 Å². The molecule has 2 aromatic carbocycles. The Morgan fingerprint density at radius 3 is 2.60 bits per heavy atom. The molecule has 1 N–H and O–H groups in total. The lowest BCUT2D eigenvalue weighted by atomic mass is 10.00. The zero-order chi connectivity index (χ0) is 24.2. The number of hydrogen-bond acceptors (Lipinski definition) is 6. The number of rotatable bonds is 5. The summed E-state index contributed by atoms with van der Waals surface area (Å²) in [4.78, 5) is 24.9. The fourth-order valence-electron chi connectivity index (χ4n) is 4.39. The van der Waals surface area contributed by atoms with E-state index in [1.807, 2.05) is 43.3 Å². The molecule has 6 nitrogen and oxygen atoms in total. The average Bonchev–Trinajstić information content (AvgIpc) is 2.93. The lowest BCUT2D eigenvalue weighted by Crippen LogP contribution is -2.46. The van der Waals surface area contributed by atoms with Crippen molar-refractivity contribution in [1.82, 2.24) is 15.3 Å². The van der Waals surface area contributed by atoms with E-state index in [1.54, 1.807) is 24.4 Å². The summed E-state index contributed by atoms with van der Waals surface area (Å²) >= 11 is 0. The number of carbonyl (C=O) groups excluding carboxylic acids is 1. The number of piperazine rings is 1. The van der Waals surface area contributed by atoms with Crippen LogP contribution in [0.15, 0.2) is 85.1 Å². The molecule has 6 heteroatoms. The third-order valence-electron chi connectivity index (χ3n) is 6.35. The van der Waals surface area contributed by atoms with Crippen LogP contribution >= 0.6 is 0 Å². The molecule has 0 radical (unpaired) electrons. The third kappa shape index (κ3) is 4.81. The predicted molar refractivity (Wildman–Crippen MR) is 136 cm³/mol. The minimum absolute atomic E-state index is 0.151. The first-order valence-corrected chi connectivity index (χ1v) is 11.6. The van der Waals surface area contributed by atoms with E-state index in [0.717, 1.165) is 36.6 Å². The zero-order valence-electron chi connectivity index (χ0n) is 19.5. The average molecular weight is 460 g/mol. The van der Waals surface area contributed by atoms with Gasteiger partial charge in [-0.2, -0.15) is 5.26 Å². The highest BCUT2D eigenvalue weighted by Crippen LogP contribution is 2.25. The van der Waals surface area contributed by atoms with Gasteiger partial charge in [-0.1, -0.05) is 48.5 Å². The van der Waals surface area contributed by atoms with Crippen LogP contribution in [0.5, 0.6) is 0 Å². The third-order valence-corrected chi connectivity index (χ3v) is 6.35. The van der Waals surface area contributed by atoms with Gasteiger partial charge in [0.15, 0.2) is 0 Å². The van der Waals surface area contributed by atoms with Crippen molar-refractivity contribution in [1.29, 1.82) is 5.26 Å². The number of nitriles is 1. The van der Waals surface area contributed by atoms with E-state index in [0.29, 0.717) is 22.5 Å². The number of aryl methyl sites for hydroxylation is 1. The van der Waals surface area contributed by atoms with Crippen molar-refractivity contribution in [3.8, 4) is 17.2 Å². The Labute approximate surface area is 204 Å². The summed E-state index contributed by atoms with van der Waals surface area (Å²) in [5, 5.41) is 12.6. The number of pyridine rings is 2. The molecule has 3 heterocycles. The van der Waals surface area contributed by atoms with Crippen LogP contribution in [-0.4, -0.2) is 35.4 Å². The van der Waals surface area contributed by atoms with E-state index in [1.165, 1.54) is 5.56 Å². The summed E-state index contributed by atoms with van der Waals surface area (Å²) in [6.45, 7) is 4.28. The number of benzene rings is 2. The van der Waals surface area contributed by atoms with E-state index >= 15 is 0 Å². The van der Waals surface area contributed by atoms with Crippen LogP contribution in [0.4, 0.5) is 5.82 Å². The summed E-state index contributed by atoms with van der Waals surface area (Å²) in [6, 6.07) is 27.4. The second kappa shape index (κ2) is 9.88. The van der Waals surface area contributed by atoms with Gasteiger partial charge in [-0.05, 0) is 48.4 Å². The number of hydrogen-bond donors (Lipinski definition) is 1. The number of nitrogens with zero attached hydrogens (tertiary/aromatic N) is 4. The Balaban J connectivity index is 1.40. The Kier molecular flexibility index (Phi) is 6.34. The summed E-state index contributed by atoms with van der Waals surface area (Å²) < 4.78 is 0. The Bertz CT molecular complexity index is 1390. The van der Waals surface area contributed by atoms with Gasteiger partial charge in [-0.3, -0.25) is 9.78 Å². The van der Waals surface area contributed by atoms with Crippen LogP contribution < -0.4 is 10.2 Å². The largest absolute Gasteiger partial charge is 0.353 e. The molecular weight excluding hydrogens is 434 g/mol. The van der Waals surface area contributed by atoms with Crippen LogP contribution in [-0.2, 0) is 0 Å². The fraction of sp³-hybridized carbons (Fsp3) is 0.172. The smallest absolute Gasteiger partial charge is 0.213 e. The minimum Gasteiger partial charge on any atom is -0.353 e. The highest BCUT2D eigenvalue weighted by atomic mass is 16.1. The topological polar surface area (TPSA) is 81.9 Å². The molecule has 0 aliphatic carbocycles. The van der Waals surface area contributed by atoms with Crippen molar-refractivity contribution < 1.29 is 4.79 Å². The highest BCUT2D eigenvalue weighted by Gasteiger charge is 2.23. The molecule has 172 valence electrons. The van der Waals surface area contributed by atoms with E-state index in [-0.39, 0.29) is 11.8 Å². The van der Waals surface area contributed by atoms with Crippen molar-refractivity contribution in [3.63, 3.8) is 0 Å². The molecule has 1 unspecified atom stereocenters. The molecule has 0 spiro atoms. The zero-order valence-corrected chi connectivity index (χ0v) is 19.5. The van der Waals surface area contributed by atoms with Gasteiger partial charge < -0.3 is 10.2 Å². The summed E-state index contributed by atoms with van der Waals surface area (Å²) in [5.74, 6) is 0.647. The number of aromatic nitrogens is 2. The molecule has 1 aliphatic rings. The van der Waals surface area contributed by atoms with Gasteiger partial charge in [0.2, 0.25) is 5.78 Å². The van der Waals surface area contributed by atoms with Gasteiger partial charge >= 0.3 is 0 Å². The van der Waals surface area contributed by atoms with Crippen molar-refractivity contribution in [3.05, 3.63) is 113 Å². The van der Waals surface area contributed by atoms with Gasteiger partial charge in [0.1, 0.15) is 11.5 Å². The van der Waals surface area contributed by atoms with Gasteiger partial charge in [0.05, 0.1) is 11.6 Å². The van der Waals surface area contributed by atoms with Crippen LogP contribution in [0.1, 0.15) is 38.9 Å². The van der Waals surface area contributed by atoms with Crippen LogP contribution in [0, 0.1) is 18.3 Å². The van der Waals surface area contributed by atoms with Gasteiger partial charge in [-0.15, -0.1) is 0 Å². The van der Waals surface area contributed by atoms with Crippen LogP contribution in [0.25, 0.3) is 11.1 Å². The number of ketones is 1. The van der Waals surface area contributed by atoms with Crippen molar-refractivity contribution in [2.75, 3.05) is 24.5 Å². The molecule has 5 rings (SSSR count). The first kappa shape index (κ1) is 22.5. The van der Waals surface area contributed by atoms with E-state index in [2.05, 4.69) is 45.5 Å². The number of carbonyl (C=O) groups is 1. The minimum atomic E-state index is -0.151. The van der Waals surface area contributed by atoms with E-state index < -0.39 is 0 Å². The maximum Gasteiger partial charge on any atom is 0.213 e. The standard InChI is InChI=1S/C29H25N5O/c1-20-25(16-24(18-32-20)22-12-10-21(17-30)11-13-22)29(35)26-8-5-9-28(33-26)34-15-14-31-27(19-34)23-6-3-2-4-7-23/h2-13,16,18,27,31H,14-15,19H2,1H3. The fourth-order valence-corrected chi connectivity index (χ4v) is 4.39. The molecular formula is C29H25N5O. The molecule has 0 amide bonds. The summed E-state index contributed by atoms with van der Waals surface area (Å²) in [5.41, 5.74) is 5.15. The van der Waals surface area contributed by atoms with E-state index in [4.69, 9.17) is 10.2 Å². The molecule has 2 aromatic heterocycles. The molecule has 1 aliphatic heterocycles. The van der Waals surface area contributed by atoms with Crippen LogP contribution in [0.2, 0.25) is 0 Å². The second-order valence-electron chi connectivity index (χ2n) is 8.62. The number of anilines is 1. The molecule has 1 fully saturated rings. The van der Waals surface area contributed by atoms with Crippen molar-refractivity contribution in [2.24, 2.45) is 0 Å². The molecule has 35 heavy (non-hydrogen) atoms. The van der Waals surface area contributed by atoms with Gasteiger partial charge in [0.25, 0.3) is 0 Å². The van der Waals surface area contributed by atoms with Crippen molar-refractivity contribution >= 4 is 11.6 Å². The lowest BCUT2D eigenvalue weighted by Gasteiger charge is -2.35. The maximum absolute atomic E-state index is 13.5. The Morgan fingerprint density at radius 1 is 1.03 bits per heavy atom. The summed E-state index contributed by atoms with van der Waals surface area (Å²) in [7, 11) is 0. The molecule has 4 aromatic rings. The SMILES string of the molecule is Cc1ncc(-c2ccc(C#N)cc2)cc1C(=O)c1cccc(N2CCNC(c3ccccc3)C2)n1. The predicted octanol–water partition coefficient (Wildman–Crippen LogP) is 4.71. The van der Waals surface area contributed by atoms with Crippen molar-refractivity contribution in [2.45, 2.75) is 13.0 Å². The number of nitrogens with one attached hydrogen (secondary N) is 1. The lowest BCUT2D eigenvalue weighted by molar-refractivity contribution is 0.103. The Morgan fingerprint density at radius 2 is 1.83 bits per heavy atom. The highest BCUT2D eigenvalue weighted by molar-refractivity contribution is 6.09. The molecule has 0 saturated carbocycles. The normalized spacial score (nSPS) is 15.4. The maximum atomic E-state index is 13.5. The second-order valence-corrected chi connectivity index (χ2v) is 8.62. The first-order valence-electron chi connectivity index (χ1n) is 11.6. The first-order chi connectivity index (χ1) is 17.1. The molecule has 1 atom stereocenters. The summed E-state index contributed by atoms with van der Waals surface area (Å²) in [6.07, 6.45) is 1.75.